The zero-order valence-corrected chi connectivity index (χ0v) is 14.3. The zero-order chi connectivity index (χ0) is 16.7. The maximum Gasteiger partial charge on any atom is 0.191 e. The number of hydrogen-bond donors (Lipinski definition) is 2. The van der Waals surface area contributed by atoms with Crippen LogP contribution in [0.3, 0.4) is 0 Å². The zero-order valence-electron chi connectivity index (χ0n) is 14.3. The minimum absolute atomic E-state index is 0.211. The van der Waals surface area contributed by atoms with Crippen LogP contribution in [0, 0.1) is 5.82 Å². The van der Waals surface area contributed by atoms with Crippen LogP contribution in [0.5, 0.6) is 0 Å². The van der Waals surface area contributed by atoms with Gasteiger partial charge in [-0.15, -0.1) is 0 Å². The minimum atomic E-state index is -0.211. The summed E-state index contributed by atoms with van der Waals surface area (Å²) in [6, 6.07) is 6.98. The molecule has 0 amide bonds. The van der Waals surface area contributed by atoms with E-state index in [0.29, 0.717) is 12.6 Å². The SMILES string of the molecule is CN=C(NCc1ccc(F)cc1)NCC(C)N1CCN(C)CC1. The molecule has 1 aliphatic heterocycles. The van der Waals surface area contributed by atoms with Gasteiger partial charge in [0.25, 0.3) is 0 Å². The molecule has 5 nitrogen and oxygen atoms in total. The highest BCUT2D eigenvalue weighted by Gasteiger charge is 2.18. The molecule has 1 fully saturated rings. The lowest BCUT2D eigenvalue weighted by Gasteiger charge is -2.36. The third-order valence-corrected chi connectivity index (χ3v) is 4.32. The Balaban J connectivity index is 1.73. The lowest BCUT2D eigenvalue weighted by atomic mass is 10.2. The number of rotatable bonds is 5. The molecule has 1 aliphatic rings. The summed E-state index contributed by atoms with van der Waals surface area (Å²) in [6.45, 7) is 8.20. The van der Waals surface area contributed by atoms with E-state index in [1.165, 1.54) is 12.1 Å². The van der Waals surface area contributed by atoms with Gasteiger partial charge in [0.1, 0.15) is 5.82 Å². The van der Waals surface area contributed by atoms with Gasteiger partial charge < -0.3 is 15.5 Å². The second-order valence-corrected chi connectivity index (χ2v) is 6.12. The van der Waals surface area contributed by atoms with E-state index >= 15 is 0 Å². The maximum absolute atomic E-state index is 12.9. The van der Waals surface area contributed by atoms with Crippen molar-refractivity contribution in [1.82, 2.24) is 20.4 Å². The van der Waals surface area contributed by atoms with E-state index < -0.39 is 0 Å². The highest BCUT2D eigenvalue weighted by molar-refractivity contribution is 5.79. The molecule has 0 aromatic heterocycles. The fraction of sp³-hybridized carbons (Fsp3) is 0.588. The molecule has 23 heavy (non-hydrogen) atoms. The molecule has 6 heteroatoms. The minimum Gasteiger partial charge on any atom is -0.355 e. The standard InChI is InChI=1S/C17H28FN5/c1-14(23-10-8-22(3)9-11-23)12-20-17(19-2)21-13-15-4-6-16(18)7-5-15/h4-7,14H,8-13H2,1-3H3,(H2,19,20,21). The van der Waals surface area contributed by atoms with Crippen LogP contribution in [0.15, 0.2) is 29.3 Å². The van der Waals surface area contributed by atoms with Crippen LogP contribution in [0.4, 0.5) is 4.39 Å². The topological polar surface area (TPSA) is 42.9 Å². The smallest absolute Gasteiger partial charge is 0.191 e. The van der Waals surface area contributed by atoms with Gasteiger partial charge in [0.05, 0.1) is 0 Å². The van der Waals surface area contributed by atoms with Gasteiger partial charge in [0.2, 0.25) is 0 Å². The van der Waals surface area contributed by atoms with Crippen LogP contribution in [-0.4, -0.2) is 68.6 Å². The number of hydrogen-bond acceptors (Lipinski definition) is 3. The second-order valence-electron chi connectivity index (χ2n) is 6.12. The summed E-state index contributed by atoms with van der Waals surface area (Å²) in [6.07, 6.45) is 0. The molecule has 1 unspecified atom stereocenters. The number of halogens is 1. The van der Waals surface area contributed by atoms with E-state index in [2.05, 4.69) is 39.4 Å². The van der Waals surface area contributed by atoms with Crippen molar-refractivity contribution in [2.24, 2.45) is 4.99 Å². The molecule has 128 valence electrons. The quantitative estimate of drug-likeness (QED) is 0.630. The first-order valence-corrected chi connectivity index (χ1v) is 8.20. The number of piperazine rings is 1. The fourth-order valence-corrected chi connectivity index (χ4v) is 2.64. The molecule has 2 N–H and O–H groups in total. The molecule has 2 rings (SSSR count). The molecule has 1 heterocycles. The number of nitrogens with one attached hydrogen (secondary N) is 2. The van der Waals surface area contributed by atoms with Crippen molar-refractivity contribution >= 4 is 5.96 Å². The van der Waals surface area contributed by atoms with Gasteiger partial charge in [-0.3, -0.25) is 9.89 Å². The normalized spacial score (nSPS) is 18.7. The Hall–Kier alpha value is -1.66. The monoisotopic (exact) mass is 321 g/mol. The van der Waals surface area contributed by atoms with Crippen molar-refractivity contribution in [2.45, 2.75) is 19.5 Å². The molecular weight excluding hydrogens is 293 g/mol. The van der Waals surface area contributed by atoms with Gasteiger partial charge in [-0.25, -0.2) is 4.39 Å². The Morgan fingerprint density at radius 3 is 2.43 bits per heavy atom. The highest BCUT2D eigenvalue weighted by Crippen LogP contribution is 2.04. The Kier molecular flexibility index (Phi) is 6.80. The molecule has 0 saturated carbocycles. The highest BCUT2D eigenvalue weighted by atomic mass is 19.1. The van der Waals surface area contributed by atoms with Crippen LogP contribution in [0.25, 0.3) is 0 Å². The van der Waals surface area contributed by atoms with Crippen LogP contribution in [0.2, 0.25) is 0 Å². The summed E-state index contributed by atoms with van der Waals surface area (Å²) < 4.78 is 12.9. The average molecular weight is 321 g/mol. The van der Waals surface area contributed by atoms with Gasteiger partial charge in [0.15, 0.2) is 5.96 Å². The van der Waals surface area contributed by atoms with Crippen molar-refractivity contribution in [3.63, 3.8) is 0 Å². The number of likely N-dealkylation sites (N-methyl/N-ethyl adjacent to an activating group) is 1. The van der Waals surface area contributed by atoms with Crippen LogP contribution in [-0.2, 0) is 6.54 Å². The van der Waals surface area contributed by atoms with Crippen LogP contribution >= 0.6 is 0 Å². The first kappa shape index (κ1) is 17.7. The predicted molar refractivity (Wildman–Crippen MR) is 93.1 cm³/mol. The predicted octanol–water partition coefficient (Wildman–Crippen LogP) is 1.13. The van der Waals surface area contributed by atoms with Crippen LogP contribution < -0.4 is 10.6 Å². The average Bonchev–Trinajstić information content (AvgIpc) is 2.57. The summed E-state index contributed by atoms with van der Waals surface area (Å²) in [5.74, 6) is 0.563. The van der Waals surface area contributed by atoms with E-state index in [-0.39, 0.29) is 5.82 Å². The van der Waals surface area contributed by atoms with Crippen molar-refractivity contribution in [3.05, 3.63) is 35.6 Å². The molecule has 1 aromatic carbocycles. The molecule has 0 spiro atoms. The largest absolute Gasteiger partial charge is 0.355 e. The molecule has 1 saturated heterocycles. The molecular formula is C17H28FN5. The Bertz CT molecular complexity index is 494. The lowest BCUT2D eigenvalue weighted by molar-refractivity contribution is 0.120. The fourth-order valence-electron chi connectivity index (χ4n) is 2.64. The van der Waals surface area contributed by atoms with Gasteiger partial charge in [0, 0.05) is 52.4 Å². The van der Waals surface area contributed by atoms with Gasteiger partial charge in [-0.1, -0.05) is 12.1 Å². The van der Waals surface area contributed by atoms with Crippen molar-refractivity contribution in [2.75, 3.05) is 46.8 Å². The van der Waals surface area contributed by atoms with E-state index in [1.54, 1.807) is 19.2 Å². The van der Waals surface area contributed by atoms with E-state index in [4.69, 9.17) is 0 Å². The third-order valence-electron chi connectivity index (χ3n) is 4.32. The van der Waals surface area contributed by atoms with Gasteiger partial charge >= 0.3 is 0 Å². The van der Waals surface area contributed by atoms with E-state index in [9.17, 15) is 4.39 Å². The maximum atomic E-state index is 12.9. The summed E-state index contributed by atoms with van der Waals surface area (Å²) in [5, 5.41) is 6.63. The Morgan fingerprint density at radius 2 is 1.83 bits per heavy atom. The third kappa shape index (κ3) is 5.80. The lowest BCUT2D eigenvalue weighted by Crippen LogP contribution is -2.52. The van der Waals surface area contributed by atoms with E-state index in [0.717, 1.165) is 44.2 Å². The van der Waals surface area contributed by atoms with Gasteiger partial charge in [-0.2, -0.15) is 0 Å². The van der Waals surface area contributed by atoms with Gasteiger partial charge in [-0.05, 0) is 31.7 Å². The van der Waals surface area contributed by atoms with Crippen molar-refractivity contribution in [3.8, 4) is 0 Å². The van der Waals surface area contributed by atoms with Crippen molar-refractivity contribution < 1.29 is 4.39 Å². The first-order chi connectivity index (χ1) is 11.1. The summed E-state index contributed by atoms with van der Waals surface area (Å²) in [7, 11) is 3.93. The number of aliphatic imine (C=N–C) groups is 1. The molecule has 1 atom stereocenters. The number of nitrogens with zero attached hydrogens (tertiary/aromatic N) is 3. The Labute approximate surface area is 138 Å². The first-order valence-electron chi connectivity index (χ1n) is 8.20. The molecule has 0 aliphatic carbocycles. The summed E-state index contributed by atoms with van der Waals surface area (Å²) in [5.41, 5.74) is 1.03. The summed E-state index contributed by atoms with van der Waals surface area (Å²) in [4.78, 5) is 9.10. The second kappa shape index (κ2) is 8.84. The molecule has 1 aromatic rings. The van der Waals surface area contributed by atoms with Crippen LogP contribution in [0.1, 0.15) is 12.5 Å². The number of guanidine groups is 1. The number of benzene rings is 1. The van der Waals surface area contributed by atoms with E-state index in [1.807, 2.05) is 0 Å². The summed E-state index contributed by atoms with van der Waals surface area (Å²) >= 11 is 0. The molecule has 0 bridgehead atoms. The van der Waals surface area contributed by atoms with Crippen molar-refractivity contribution in [1.29, 1.82) is 0 Å². The Morgan fingerprint density at radius 1 is 1.17 bits per heavy atom. The molecule has 0 radical (unpaired) electrons.